The zero-order valence-electron chi connectivity index (χ0n) is 13.9. The molecule has 2 rings (SSSR count). The zero-order chi connectivity index (χ0) is 15.8. The van der Waals surface area contributed by atoms with Crippen molar-refractivity contribution in [1.82, 2.24) is 0 Å². The molecule has 1 aromatic rings. The van der Waals surface area contributed by atoms with Crippen LogP contribution in [0, 0.1) is 5.92 Å². The second kappa shape index (κ2) is 8.52. The Bertz CT molecular complexity index is 450. The van der Waals surface area contributed by atoms with Crippen LogP contribution in [0.25, 0.3) is 0 Å². The Labute approximate surface area is 136 Å². The fraction of sp³-hybridized carbons (Fsp3) is 0.632. The van der Waals surface area contributed by atoms with Crippen molar-refractivity contribution >= 4 is 19.2 Å². The van der Waals surface area contributed by atoms with Crippen LogP contribution in [-0.2, 0) is 4.79 Å². The number of carboxylic acids is 1. The van der Waals surface area contributed by atoms with Crippen molar-refractivity contribution in [3.63, 3.8) is 0 Å². The first-order valence-electron chi connectivity index (χ1n) is 8.96. The molecular weight excluding hydrogens is 288 g/mol. The van der Waals surface area contributed by atoms with E-state index in [-0.39, 0.29) is 5.92 Å². The Morgan fingerprint density at radius 1 is 1.09 bits per heavy atom. The summed E-state index contributed by atoms with van der Waals surface area (Å²) in [5, 5.41) is 10.8. The molecule has 122 valence electrons. The lowest BCUT2D eigenvalue weighted by Gasteiger charge is -2.38. The van der Waals surface area contributed by atoms with E-state index in [9.17, 15) is 9.90 Å². The number of aliphatic carboxylic acids is 1. The molecule has 22 heavy (non-hydrogen) atoms. The molecule has 0 amide bonds. The average molecular weight is 319 g/mol. The number of carbonyl (C=O) groups is 1. The lowest BCUT2D eigenvalue weighted by atomic mass is 10.0. The van der Waals surface area contributed by atoms with E-state index >= 15 is 0 Å². The number of carboxylic acid groups (broad SMARTS) is 1. The van der Waals surface area contributed by atoms with E-state index in [1.807, 2.05) is 0 Å². The molecule has 0 bridgehead atoms. The van der Waals surface area contributed by atoms with Crippen molar-refractivity contribution in [3.05, 3.63) is 30.3 Å². The minimum absolute atomic E-state index is 0.0931. The minimum atomic E-state index is -1.47. The van der Waals surface area contributed by atoms with Gasteiger partial charge in [0.25, 0.3) is 0 Å². The van der Waals surface area contributed by atoms with E-state index in [1.54, 1.807) is 5.19 Å². The fourth-order valence-corrected chi connectivity index (χ4v) is 9.20. The van der Waals surface area contributed by atoms with Crippen LogP contribution < -0.4 is 5.19 Å². The van der Waals surface area contributed by atoms with E-state index in [4.69, 9.17) is 0 Å². The Morgan fingerprint density at radius 2 is 1.73 bits per heavy atom. The number of hydrogen-bond donors (Lipinski definition) is 1. The third-order valence-corrected chi connectivity index (χ3v) is 10.8. The number of rotatable bonds is 8. The molecule has 1 fully saturated rings. The van der Waals surface area contributed by atoms with E-state index < -0.39 is 14.0 Å². The highest BCUT2D eigenvalue weighted by Crippen LogP contribution is 2.36. The summed E-state index contributed by atoms with van der Waals surface area (Å²) in [6, 6.07) is 14.7. The van der Waals surface area contributed by atoms with E-state index in [2.05, 4.69) is 37.3 Å². The highest BCUT2D eigenvalue weighted by Gasteiger charge is 2.40. The molecule has 1 heterocycles. The van der Waals surface area contributed by atoms with Crippen LogP contribution in [0.15, 0.2) is 30.3 Å². The number of benzene rings is 1. The van der Waals surface area contributed by atoms with Crippen molar-refractivity contribution in [2.45, 2.75) is 70.0 Å². The molecule has 0 spiro atoms. The van der Waals surface area contributed by atoms with Gasteiger partial charge in [0, 0.05) is 0 Å². The maximum absolute atomic E-state index is 11.2. The SMILES string of the molecule is CCCCCCC[Si]1(c2ccccc2)CCC(C(=O)O)CC1. The quantitative estimate of drug-likeness (QED) is 0.552. The molecule has 1 aliphatic rings. The van der Waals surface area contributed by atoms with Gasteiger partial charge < -0.3 is 5.11 Å². The topological polar surface area (TPSA) is 37.3 Å². The normalized spacial score (nSPS) is 25.0. The second-order valence-corrected chi connectivity index (χ2v) is 11.6. The highest BCUT2D eigenvalue weighted by molar-refractivity contribution is 6.92. The molecule has 0 saturated carbocycles. The molecule has 0 aromatic heterocycles. The van der Waals surface area contributed by atoms with Crippen LogP contribution in [0.4, 0.5) is 0 Å². The van der Waals surface area contributed by atoms with Crippen molar-refractivity contribution in [2.24, 2.45) is 5.92 Å². The Balaban J connectivity index is 2.01. The first-order chi connectivity index (χ1) is 10.7. The van der Waals surface area contributed by atoms with Gasteiger partial charge in [-0.15, -0.1) is 0 Å². The van der Waals surface area contributed by atoms with Crippen LogP contribution in [0.5, 0.6) is 0 Å². The van der Waals surface area contributed by atoms with Gasteiger partial charge in [-0.3, -0.25) is 4.79 Å². The lowest BCUT2D eigenvalue weighted by molar-refractivity contribution is -0.142. The summed E-state index contributed by atoms with van der Waals surface area (Å²) in [5.41, 5.74) is 0. The van der Waals surface area contributed by atoms with Crippen LogP contribution in [0.3, 0.4) is 0 Å². The molecule has 1 aromatic carbocycles. The lowest BCUT2D eigenvalue weighted by Crippen LogP contribution is -2.50. The van der Waals surface area contributed by atoms with Gasteiger partial charge in [0.05, 0.1) is 14.0 Å². The first-order valence-corrected chi connectivity index (χ1v) is 11.6. The van der Waals surface area contributed by atoms with E-state index in [0.717, 1.165) is 12.8 Å². The molecule has 1 N–H and O–H groups in total. The van der Waals surface area contributed by atoms with Crippen LogP contribution in [-0.4, -0.2) is 19.1 Å². The predicted octanol–water partition coefficient (Wildman–Crippen LogP) is 4.81. The van der Waals surface area contributed by atoms with Crippen LogP contribution in [0.1, 0.15) is 51.9 Å². The standard InChI is InChI=1S/C19H30O2Si/c1-2-3-4-5-9-14-22(18-10-7-6-8-11-18)15-12-17(13-16-22)19(20)21/h6-8,10-11,17H,2-5,9,12-16H2,1H3,(H,20,21). The summed E-state index contributed by atoms with van der Waals surface area (Å²) in [6.45, 7) is 2.26. The first kappa shape index (κ1) is 17.3. The van der Waals surface area contributed by atoms with Gasteiger partial charge in [-0.25, -0.2) is 0 Å². The third-order valence-electron chi connectivity index (χ3n) is 5.44. The fourth-order valence-electron chi connectivity index (χ4n) is 3.96. The van der Waals surface area contributed by atoms with E-state index in [1.165, 1.54) is 50.2 Å². The molecule has 0 unspecified atom stereocenters. The summed E-state index contributed by atoms with van der Waals surface area (Å²) >= 11 is 0. The monoisotopic (exact) mass is 318 g/mol. The maximum Gasteiger partial charge on any atom is 0.306 e. The van der Waals surface area contributed by atoms with Gasteiger partial charge in [0.2, 0.25) is 0 Å². The van der Waals surface area contributed by atoms with E-state index in [0.29, 0.717) is 0 Å². The third kappa shape index (κ3) is 4.45. The van der Waals surface area contributed by atoms with Crippen molar-refractivity contribution in [3.8, 4) is 0 Å². The van der Waals surface area contributed by atoms with Gasteiger partial charge in [-0.05, 0) is 12.8 Å². The molecule has 3 heteroatoms. The van der Waals surface area contributed by atoms with Gasteiger partial charge in [0.15, 0.2) is 0 Å². The zero-order valence-corrected chi connectivity index (χ0v) is 14.9. The molecular formula is C19H30O2Si. The molecule has 1 saturated heterocycles. The predicted molar refractivity (Wildman–Crippen MR) is 95.4 cm³/mol. The molecule has 2 nitrogen and oxygen atoms in total. The second-order valence-electron chi connectivity index (χ2n) is 6.92. The average Bonchev–Trinajstić information content (AvgIpc) is 2.56. The van der Waals surface area contributed by atoms with Gasteiger partial charge >= 0.3 is 5.97 Å². The Hall–Kier alpha value is -1.09. The maximum atomic E-state index is 11.2. The Morgan fingerprint density at radius 3 is 2.32 bits per heavy atom. The summed E-state index contributed by atoms with van der Waals surface area (Å²) in [6.07, 6.45) is 8.46. The summed E-state index contributed by atoms with van der Waals surface area (Å²) in [7, 11) is -1.47. The molecule has 0 atom stereocenters. The summed E-state index contributed by atoms with van der Waals surface area (Å²) in [5.74, 6) is -0.678. The number of hydrogen-bond acceptors (Lipinski definition) is 1. The minimum Gasteiger partial charge on any atom is -0.481 e. The van der Waals surface area contributed by atoms with Crippen molar-refractivity contribution < 1.29 is 9.90 Å². The molecule has 0 radical (unpaired) electrons. The summed E-state index contributed by atoms with van der Waals surface area (Å²) < 4.78 is 0. The van der Waals surface area contributed by atoms with Gasteiger partial charge in [-0.1, -0.05) is 92.7 Å². The van der Waals surface area contributed by atoms with Gasteiger partial charge in [-0.2, -0.15) is 0 Å². The van der Waals surface area contributed by atoms with Crippen molar-refractivity contribution in [1.29, 1.82) is 0 Å². The van der Waals surface area contributed by atoms with Gasteiger partial charge in [0.1, 0.15) is 0 Å². The summed E-state index contributed by atoms with van der Waals surface area (Å²) in [4.78, 5) is 11.2. The number of unbranched alkanes of at least 4 members (excludes halogenated alkanes) is 4. The van der Waals surface area contributed by atoms with Crippen molar-refractivity contribution in [2.75, 3.05) is 0 Å². The molecule has 0 aliphatic carbocycles. The van der Waals surface area contributed by atoms with Crippen LogP contribution >= 0.6 is 0 Å². The highest BCUT2D eigenvalue weighted by atomic mass is 28.3. The largest absolute Gasteiger partial charge is 0.481 e. The Kier molecular flexibility index (Phi) is 6.68. The smallest absolute Gasteiger partial charge is 0.306 e. The van der Waals surface area contributed by atoms with Crippen LogP contribution in [0.2, 0.25) is 18.1 Å². The molecule has 1 aliphatic heterocycles.